The zero-order valence-electron chi connectivity index (χ0n) is 10.8. The van der Waals surface area contributed by atoms with E-state index in [4.69, 9.17) is 4.74 Å². The third-order valence-corrected chi connectivity index (χ3v) is 5.45. The van der Waals surface area contributed by atoms with Gasteiger partial charge in [0.1, 0.15) is 0 Å². The first-order valence-electron chi connectivity index (χ1n) is 6.53. The Balaban J connectivity index is 1.92. The van der Waals surface area contributed by atoms with Crippen molar-refractivity contribution in [2.24, 2.45) is 5.92 Å². The molecule has 3 unspecified atom stereocenters. The zero-order valence-corrected chi connectivity index (χ0v) is 11.7. The van der Waals surface area contributed by atoms with Gasteiger partial charge < -0.3 is 9.63 Å². The Morgan fingerprint density at radius 3 is 2.78 bits per heavy atom. The van der Waals surface area contributed by atoms with Crippen molar-refractivity contribution in [1.82, 2.24) is 0 Å². The molecule has 3 atom stereocenters. The van der Waals surface area contributed by atoms with Gasteiger partial charge in [0.2, 0.25) is 7.37 Å². The Morgan fingerprint density at radius 1 is 1.44 bits per heavy atom. The van der Waals surface area contributed by atoms with Crippen LogP contribution < -0.4 is 0 Å². The number of hydrogen-bond acceptors (Lipinski definition) is 2. The predicted octanol–water partition coefficient (Wildman–Crippen LogP) is 3.27. The number of hydrogen-bond donors (Lipinski definition) is 1. The van der Waals surface area contributed by atoms with E-state index >= 15 is 0 Å². The fourth-order valence-electron chi connectivity index (χ4n) is 2.55. The first kappa shape index (κ1) is 13.8. The maximum Gasteiger partial charge on any atom is 0.205 e. The van der Waals surface area contributed by atoms with Gasteiger partial charge in [-0.15, -0.1) is 0 Å². The molecular weight excluding hydrogens is 247 g/mol. The predicted molar refractivity (Wildman–Crippen MR) is 73.0 cm³/mol. The van der Waals surface area contributed by atoms with Gasteiger partial charge in [0.15, 0.2) is 0 Å². The van der Waals surface area contributed by atoms with Crippen molar-refractivity contribution in [2.75, 3.05) is 12.8 Å². The first-order chi connectivity index (χ1) is 8.57. The van der Waals surface area contributed by atoms with Crippen molar-refractivity contribution in [3.63, 3.8) is 0 Å². The van der Waals surface area contributed by atoms with Crippen LogP contribution in [0, 0.1) is 5.92 Å². The van der Waals surface area contributed by atoms with Gasteiger partial charge in [0, 0.05) is 18.9 Å². The third-order valence-electron chi connectivity index (χ3n) is 3.45. The number of ether oxygens (including phenoxy) is 1. The van der Waals surface area contributed by atoms with Crippen LogP contribution in [0.4, 0.5) is 0 Å². The van der Waals surface area contributed by atoms with Crippen LogP contribution in [-0.2, 0) is 15.5 Å². The monoisotopic (exact) mass is 268 g/mol. The van der Waals surface area contributed by atoms with Gasteiger partial charge in [-0.25, -0.2) is 0 Å². The summed E-state index contributed by atoms with van der Waals surface area (Å²) in [6.07, 6.45) is 2.88. The molecule has 1 fully saturated rings. The topological polar surface area (TPSA) is 46.5 Å². The summed E-state index contributed by atoms with van der Waals surface area (Å²) < 4.78 is 17.8. The molecule has 1 heterocycles. The molecule has 0 amide bonds. The van der Waals surface area contributed by atoms with E-state index in [0.29, 0.717) is 6.16 Å². The third kappa shape index (κ3) is 3.94. The van der Waals surface area contributed by atoms with Crippen LogP contribution in [0.25, 0.3) is 0 Å². The lowest BCUT2D eigenvalue weighted by atomic mass is 10.0. The Morgan fingerprint density at radius 2 is 2.17 bits per heavy atom. The minimum atomic E-state index is -3.10. The van der Waals surface area contributed by atoms with Crippen LogP contribution in [0.3, 0.4) is 0 Å². The molecule has 100 valence electrons. The zero-order chi connectivity index (χ0) is 13.0. The number of benzene rings is 1. The maximum absolute atomic E-state index is 12.3. The summed E-state index contributed by atoms with van der Waals surface area (Å²) in [5.41, 5.74) is 0.933. The van der Waals surface area contributed by atoms with Crippen LogP contribution in [-0.4, -0.2) is 23.8 Å². The summed E-state index contributed by atoms with van der Waals surface area (Å²) in [5.74, 6) is 0.159. The fraction of sp³-hybridized carbons (Fsp3) is 0.571. The summed E-state index contributed by atoms with van der Waals surface area (Å²) in [4.78, 5) is 10.1. The van der Waals surface area contributed by atoms with Gasteiger partial charge in [-0.1, -0.05) is 37.3 Å². The second-order valence-corrected chi connectivity index (χ2v) is 7.58. The lowest BCUT2D eigenvalue weighted by Crippen LogP contribution is -2.20. The van der Waals surface area contributed by atoms with Crippen molar-refractivity contribution in [1.29, 1.82) is 0 Å². The number of rotatable bonds is 5. The Hall–Kier alpha value is -0.630. The average Bonchev–Trinajstić information content (AvgIpc) is 2.82. The van der Waals surface area contributed by atoms with E-state index in [9.17, 15) is 9.46 Å². The molecule has 0 aromatic heterocycles. The highest BCUT2D eigenvalue weighted by Crippen LogP contribution is 2.47. The summed E-state index contributed by atoms with van der Waals surface area (Å²) in [6, 6.07) is 9.53. The van der Waals surface area contributed by atoms with Crippen LogP contribution in [0.5, 0.6) is 0 Å². The van der Waals surface area contributed by atoms with E-state index in [-0.39, 0.29) is 18.2 Å². The summed E-state index contributed by atoms with van der Waals surface area (Å²) in [5, 5.41) is 0. The second-order valence-electron chi connectivity index (χ2n) is 5.20. The first-order valence-corrected chi connectivity index (χ1v) is 8.56. The normalized spacial score (nSPS) is 24.7. The molecule has 3 nitrogen and oxygen atoms in total. The van der Waals surface area contributed by atoms with Gasteiger partial charge in [-0.2, -0.15) is 0 Å². The molecular formula is C14H21O3P. The van der Waals surface area contributed by atoms with Gasteiger partial charge in [0.25, 0.3) is 0 Å². The fourth-order valence-corrected chi connectivity index (χ4v) is 4.60. The Bertz CT molecular complexity index is 412. The molecule has 0 bridgehead atoms. The summed E-state index contributed by atoms with van der Waals surface area (Å²) in [7, 11) is -3.10. The van der Waals surface area contributed by atoms with Gasteiger partial charge in [-0.05, 0) is 24.3 Å². The van der Waals surface area contributed by atoms with Gasteiger partial charge >= 0.3 is 0 Å². The van der Waals surface area contributed by atoms with E-state index in [2.05, 4.69) is 0 Å². The molecule has 0 aliphatic carbocycles. The highest BCUT2D eigenvalue weighted by molar-refractivity contribution is 7.57. The summed E-state index contributed by atoms with van der Waals surface area (Å²) in [6.45, 7) is 2.81. The molecule has 2 rings (SSSR count). The highest BCUT2D eigenvalue weighted by Gasteiger charge is 2.29. The van der Waals surface area contributed by atoms with E-state index < -0.39 is 7.37 Å². The van der Waals surface area contributed by atoms with E-state index in [0.717, 1.165) is 25.0 Å². The lowest BCUT2D eigenvalue weighted by molar-refractivity contribution is 0.0759. The molecule has 1 N–H and O–H groups in total. The highest BCUT2D eigenvalue weighted by atomic mass is 31.2. The van der Waals surface area contributed by atoms with Crippen molar-refractivity contribution in [3.8, 4) is 0 Å². The van der Waals surface area contributed by atoms with Crippen LogP contribution in [0.15, 0.2) is 30.3 Å². The maximum atomic E-state index is 12.3. The average molecular weight is 268 g/mol. The molecule has 1 saturated heterocycles. The van der Waals surface area contributed by atoms with Crippen molar-refractivity contribution >= 4 is 7.37 Å². The van der Waals surface area contributed by atoms with Crippen molar-refractivity contribution in [3.05, 3.63) is 35.9 Å². The lowest BCUT2D eigenvalue weighted by Gasteiger charge is -2.21. The van der Waals surface area contributed by atoms with Gasteiger partial charge in [-0.3, -0.25) is 4.57 Å². The quantitative estimate of drug-likeness (QED) is 0.834. The molecule has 4 heteroatoms. The standard InChI is InChI=1S/C14H21O3P/c1-12(14-8-5-9-17-14)10-18(15,16)11-13-6-3-2-4-7-13/h2-4,6-7,12,14H,5,8-11H2,1H3,(H,15,16). The van der Waals surface area contributed by atoms with Crippen LogP contribution in [0.2, 0.25) is 0 Å². The second kappa shape index (κ2) is 6.01. The van der Waals surface area contributed by atoms with E-state index in [1.54, 1.807) is 0 Å². The molecule has 0 radical (unpaired) electrons. The molecule has 0 saturated carbocycles. The minimum absolute atomic E-state index is 0.159. The minimum Gasteiger partial charge on any atom is -0.378 e. The van der Waals surface area contributed by atoms with Crippen LogP contribution >= 0.6 is 7.37 Å². The van der Waals surface area contributed by atoms with Crippen LogP contribution in [0.1, 0.15) is 25.3 Å². The van der Waals surface area contributed by atoms with Crippen molar-refractivity contribution in [2.45, 2.75) is 32.0 Å². The largest absolute Gasteiger partial charge is 0.378 e. The molecule has 1 aromatic rings. The molecule has 1 aromatic carbocycles. The van der Waals surface area contributed by atoms with E-state index in [1.165, 1.54) is 0 Å². The smallest absolute Gasteiger partial charge is 0.205 e. The van der Waals surface area contributed by atoms with E-state index in [1.807, 2.05) is 37.3 Å². The molecule has 1 aliphatic heterocycles. The Kier molecular flexibility index (Phi) is 4.60. The SMILES string of the molecule is CC(CP(=O)(O)Cc1ccccc1)C1CCCO1. The Labute approximate surface area is 109 Å². The van der Waals surface area contributed by atoms with Crippen molar-refractivity contribution < 1.29 is 14.2 Å². The molecule has 0 spiro atoms. The molecule has 18 heavy (non-hydrogen) atoms. The summed E-state index contributed by atoms with van der Waals surface area (Å²) >= 11 is 0. The molecule has 1 aliphatic rings. The van der Waals surface area contributed by atoms with Gasteiger partial charge in [0.05, 0.1) is 6.10 Å².